The van der Waals surface area contributed by atoms with Gasteiger partial charge in [-0.2, -0.15) is 5.26 Å². The van der Waals surface area contributed by atoms with Crippen molar-refractivity contribution in [3.05, 3.63) is 57.6 Å². The molecule has 0 spiro atoms. The molecule has 0 fully saturated rings. The van der Waals surface area contributed by atoms with E-state index in [4.69, 9.17) is 10.00 Å². The van der Waals surface area contributed by atoms with Crippen molar-refractivity contribution >= 4 is 21.6 Å². The minimum Gasteiger partial charge on any atom is -0.495 e. The third-order valence-corrected chi connectivity index (χ3v) is 3.54. The normalized spacial score (nSPS) is 10.0. The minimum absolute atomic E-state index is 0.0423. The second-order valence-electron chi connectivity index (χ2n) is 4.20. The second-order valence-corrected chi connectivity index (χ2v) is 5.06. The van der Waals surface area contributed by atoms with Crippen LogP contribution in [0, 0.1) is 23.0 Å². The second kappa shape index (κ2) is 6.55. The van der Waals surface area contributed by atoms with Gasteiger partial charge in [-0.3, -0.25) is 0 Å². The largest absolute Gasteiger partial charge is 0.495 e. The third kappa shape index (κ3) is 3.31. The number of hydrogen-bond acceptors (Lipinski definition) is 3. The first-order chi connectivity index (χ1) is 10.1. The number of nitrogens with one attached hydrogen (secondary N) is 1. The van der Waals surface area contributed by atoms with Crippen LogP contribution in [0.15, 0.2) is 34.8 Å². The van der Waals surface area contributed by atoms with E-state index >= 15 is 0 Å². The van der Waals surface area contributed by atoms with Crippen molar-refractivity contribution in [2.75, 3.05) is 12.4 Å². The first kappa shape index (κ1) is 15.3. The summed E-state index contributed by atoms with van der Waals surface area (Å²) in [6.07, 6.45) is 0. The number of anilines is 1. The first-order valence-electron chi connectivity index (χ1n) is 6.01. The van der Waals surface area contributed by atoms with Gasteiger partial charge in [-0.15, -0.1) is 0 Å². The van der Waals surface area contributed by atoms with Crippen molar-refractivity contribution in [3.8, 4) is 11.8 Å². The standard InChI is InChI=1S/C15H11BrF2N2O/c1-21-14-6-9(7-19)2-5-13(14)20-8-10-12(17)4-3-11(16)15(10)18/h2-6,20H,8H2,1H3. The fourth-order valence-electron chi connectivity index (χ4n) is 1.82. The maximum atomic E-state index is 13.9. The molecule has 0 amide bonds. The Morgan fingerprint density at radius 1 is 1.29 bits per heavy atom. The van der Waals surface area contributed by atoms with E-state index in [1.807, 2.05) is 6.07 Å². The summed E-state index contributed by atoms with van der Waals surface area (Å²) >= 11 is 3.02. The molecule has 0 atom stereocenters. The van der Waals surface area contributed by atoms with Gasteiger partial charge in [0, 0.05) is 18.2 Å². The minimum atomic E-state index is -0.643. The van der Waals surface area contributed by atoms with Gasteiger partial charge in [-0.05, 0) is 40.2 Å². The number of hydrogen-bond donors (Lipinski definition) is 1. The first-order valence-corrected chi connectivity index (χ1v) is 6.80. The Labute approximate surface area is 129 Å². The summed E-state index contributed by atoms with van der Waals surface area (Å²) in [4.78, 5) is 0. The van der Waals surface area contributed by atoms with Crippen LogP contribution in [-0.4, -0.2) is 7.11 Å². The van der Waals surface area contributed by atoms with Crippen molar-refractivity contribution in [2.24, 2.45) is 0 Å². The van der Waals surface area contributed by atoms with Gasteiger partial charge in [0.2, 0.25) is 0 Å². The Morgan fingerprint density at radius 2 is 2.05 bits per heavy atom. The molecule has 3 nitrogen and oxygen atoms in total. The molecule has 0 saturated carbocycles. The van der Waals surface area contributed by atoms with Crippen LogP contribution in [0.25, 0.3) is 0 Å². The molecule has 6 heteroatoms. The highest BCUT2D eigenvalue weighted by Crippen LogP contribution is 2.27. The van der Waals surface area contributed by atoms with Crippen molar-refractivity contribution in [3.63, 3.8) is 0 Å². The zero-order valence-electron chi connectivity index (χ0n) is 11.1. The molecule has 0 bridgehead atoms. The van der Waals surface area contributed by atoms with Crippen LogP contribution in [0.3, 0.4) is 0 Å². The predicted molar refractivity (Wildman–Crippen MR) is 79.1 cm³/mol. The van der Waals surface area contributed by atoms with Gasteiger partial charge < -0.3 is 10.1 Å². The molecule has 108 valence electrons. The molecule has 0 aliphatic rings. The molecule has 21 heavy (non-hydrogen) atoms. The van der Waals surface area contributed by atoms with Crippen molar-refractivity contribution in [2.45, 2.75) is 6.54 Å². The predicted octanol–water partition coefficient (Wildman–Crippen LogP) is 4.22. The van der Waals surface area contributed by atoms with E-state index in [0.717, 1.165) is 0 Å². The smallest absolute Gasteiger partial charge is 0.145 e. The Hall–Kier alpha value is -2.13. The zero-order chi connectivity index (χ0) is 15.4. The van der Waals surface area contributed by atoms with Gasteiger partial charge in [0.05, 0.1) is 28.9 Å². The van der Waals surface area contributed by atoms with Crippen molar-refractivity contribution in [1.29, 1.82) is 5.26 Å². The van der Waals surface area contributed by atoms with Gasteiger partial charge in [0.15, 0.2) is 0 Å². The van der Waals surface area contributed by atoms with E-state index in [1.54, 1.807) is 18.2 Å². The topological polar surface area (TPSA) is 45.0 Å². The molecule has 2 aromatic carbocycles. The van der Waals surface area contributed by atoms with E-state index in [1.165, 1.54) is 19.2 Å². The SMILES string of the molecule is COc1cc(C#N)ccc1NCc1c(F)ccc(Br)c1F. The molecule has 0 aromatic heterocycles. The van der Waals surface area contributed by atoms with Crippen LogP contribution in [0.2, 0.25) is 0 Å². The third-order valence-electron chi connectivity index (χ3n) is 2.93. The molecule has 2 aromatic rings. The molecule has 1 N–H and O–H groups in total. The Morgan fingerprint density at radius 3 is 2.71 bits per heavy atom. The monoisotopic (exact) mass is 352 g/mol. The zero-order valence-corrected chi connectivity index (χ0v) is 12.7. The molecule has 0 aliphatic heterocycles. The fraction of sp³-hybridized carbons (Fsp3) is 0.133. The summed E-state index contributed by atoms with van der Waals surface area (Å²) in [5, 5.41) is 11.7. The highest BCUT2D eigenvalue weighted by molar-refractivity contribution is 9.10. The number of methoxy groups -OCH3 is 1. The number of nitriles is 1. The van der Waals surface area contributed by atoms with Crippen LogP contribution in [0.4, 0.5) is 14.5 Å². The molecular formula is C15H11BrF2N2O. The van der Waals surface area contributed by atoms with Crippen LogP contribution in [-0.2, 0) is 6.54 Å². The number of rotatable bonds is 4. The quantitative estimate of drug-likeness (QED) is 0.838. The van der Waals surface area contributed by atoms with Crippen LogP contribution in [0.5, 0.6) is 5.75 Å². The van der Waals surface area contributed by atoms with Gasteiger partial charge in [-0.25, -0.2) is 8.78 Å². The lowest BCUT2D eigenvalue weighted by molar-refractivity contribution is 0.416. The summed E-state index contributed by atoms with van der Waals surface area (Å²) in [6.45, 7) is -0.0423. The van der Waals surface area contributed by atoms with Gasteiger partial charge in [-0.1, -0.05) is 0 Å². The number of ether oxygens (including phenoxy) is 1. The molecule has 0 saturated heterocycles. The molecule has 2 rings (SSSR count). The van der Waals surface area contributed by atoms with Crippen LogP contribution in [0.1, 0.15) is 11.1 Å². The maximum Gasteiger partial charge on any atom is 0.145 e. The van der Waals surface area contributed by atoms with Crippen LogP contribution < -0.4 is 10.1 Å². The van der Waals surface area contributed by atoms with E-state index in [0.29, 0.717) is 17.0 Å². The summed E-state index contributed by atoms with van der Waals surface area (Å²) in [5.74, 6) is -0.837. The summed E-state index contributed by atoms with van der Waals surface area (Å²) in [6, 6.07) is 9.28. The maximum absolute atomic E-state index is 13.9. The number of halogens is 3. The lowest BCUT2D eigenvalue weighted by Crippen LogP contribution is -2.06. The van der Waals surface area contributed by atoms with Crippen molar-refractivity contribution < 1.29 is 13.5 Å². The lowest BCUT2D eigenvalue weighted by Gasteiger charge is -2.13. The Balaban J connectivity index is 2.25. The lowest BCUT2D eigenvalue weighted by atomic mass is 10.1. The summed E-state index contributed by atoms with van der Waals surface area (Å²) in [7, 11) is 1.46. The highest BCUT2D eigenvalue weighted by Gasteiger charge is 2.13. The van der Waals surface area contributed by atoms with E-state index < -0.39 is 11.6 Å². The number of benzene rings is 2. The van der Waals surface area contributed by atoms with E-state index in [-0.39, 0.29) is 16.6 Å². The molecular weight excluding hydrogens is 342 g/mol. The molecule has 0 aliphatic carbocycles. The molecule has 0 heterocycles. The average molecular weight is 353 g/mol. The van der Waals surface area contributed by atoms with Gasteiger partial charge in [0.25, 0.3) is 0 Å². The van der Waals surface area contributed by atoms with Crippen LogP contribution >= 0.6 is 15.9 Å². The summed E-state index contributed by atoms with van der Waals surface area (Å²) in [5.41, 5.74) is 0.920. The highest BCUT2D eigenvalue weighted by atomic mass is 79.9. The fourth-order valence-corrected chi connectivity index (χ4v) is 2.19. The van der Waals surface area contributed by atoms with Crippen molar-refractivity contribution in [1.82, 2.24) is 0 Å². The Kier molecular flexibility index (Phi) is 4.76. The van der Waals surface area contributed by atoms with E-state index in [2.05, 4.69) is 21.2 Å². The average Bonchev–Trinajstić information content (AvgIpc) is 2.51. The van der Waals surface area contributed by atoms with Gasteiger partial charge in [0.1, 0.15) is 17.4 Å². The number of nitrogens with zero attached hydrogens (tertiary/aromatic N) is 1. The Bertz CT molecular complexity index is 714. The van der Waals surface area contributed by atoms with Gasteiger partial charge >= 0.3 is 0 Å². The molecule has 0 radical (unpaired) electrons. The summed E-state index contributed by atoms with van der Waals surface area (Å²) < 4.78 is 32.9. The molecule has 0 unspecified atom stereocenters. The van der Waals surface area contributed by atoms with E-state index in [9.17, 15) is 8.78 Å².